The van der Waals surface area contributed by atoms with E-state index in [2.05, 4.69) is 31.3 Å². The molecule has 1 aliphatic heterocycles. The van der Waals surface area contributed by atoms with Gasteiger partial charge in [0, 0.05) is 11.7 Å². The molecule has 1 atom stereocenters. The van der Waals surface area contributed by atoms with Gasteiger partial charge in [-0.2, -0.15) is 0 Å². The molecule has 0 aromatic heterocycles. The third-order valence-electron chi connectivity index (χ3n) is 3.62. The van der Waals surface area contributed by atoms with Crippen LogP contribution < -0.4 is 5.32 Å². The first kappa shape index (κ1) is 14.6. The Hall–Kier alpha value is -1.84. The lowest BCUT2D eigenvalue weighted by Crippen LogP contribution is -2.39. The maximum absolute atomic E-state index is 12.2. The first-order valence-electron chi connectivity index (χ1n) is 7.12. The van der Waals surface area contributed by atoms with Gasteiger partial charge in [-0.05, 0) is 37.5 Å². The molecule has 2 rings (SSSR count). The van der Waals surface area contributed by atoms with Crippen LogP contribution in [0, 0.1) is 0 Å². The molecule has 0 aliphatic carbocycles. The van der Waals surface area contributed by atoms with Crippen molar-refractivity contribution < 1.29 is 9.59 Å². The zero-order chi connectivity index (χ0) is 14.9. The number of nitrogens with zero attached hydrogens (tertiary/aromatic N) is 1. The molecule has 1 fully saturated rings. The summed E-state index contributed by atoms with van der Waals surface area (Å²) in [5.74, 6) is 0.259. The van der Waals surface area contributed by atoms with E-state index in [-0.39, 0.29) is 24.3 Å². The summed E-state index contributed by atoms with van der Waals surface area (Å²) < 4.78 is 0. The highest BCUT2D eigenvalue weighted by atomic mass is 16.2. The monoisotopic (exact) mass is 274 g/mol. The lowest BCUT2D eigenvalue weighted by molar-refractivity contribution is -0.140. The van der Waals surface area contributed by atoms with Crippen LogP contribution in [0.1, 0.15) is 45.6 Å². The first-order chi connectivity index (χ1) is 9.40. The van der Waals surface area contributed by atoms with Gasteiger partial charge in [0.05, 0.1) is 6.42 Å². The Kier molecular flexibility index (Phi) is 4.12. The first-order valence-corrected chi connectivity index (χ1v) is 7.12. The molecule has 4 heteroatoms. The van der Waals surface area contributed by atoms with Crippen LogP contribution in [0.15, 0.2) is 24.3 Å². The van der Waals surface area contributed by atoms with Gasteiger partial charge >= 0.3 is 0 Å². The van der Waals surface area contributed by atoms with Crippen molar-refractivity contribution in [1.29, 1.82) is 0 Å². The van der Waals surface area contributed by atoms with Crippen LogP contribution in [0.2, 0.25) is 0 Å². The molecule has 1 N–H and O–H groups in total. The van der Waals surface area contributed by atoms with E-state index in [1.54, 1.807) is 0 Å². The number of imide groups is 1. The number of nitrogens with one attached hydrogen (secondary N) is 1. The molecule has 4 nitrogen and oxygen atoms in total. The van der Waals surface area contributed by atoms with Crippen molar-refractivity contribution in [3.8, 4) is 0 Å². The molecule has 1 saturated heterocycles. The second kappa shape index (κ2) is 5.65. The van der Waals surface area contributed by atoms with Gasteiger partial charge in [-0.1, -0.05) is 26.0 Å². The fraction of sp³-hybridized carbons (Fsp3) is 0.500. The second-order valence-electron chi connectivity index (χ2n) is 5.87. The number of rotatable bonds is 4. The van der Waals surface area contributed by atoms with Crippen molar-refractivity contribution in [2.45, 2.75) is 52.1 Å². The number of carbonyl (C=O) groups is 2. The minimum atomic E-state index is -0.435. The molecule has 1 aromatic rings. The van der Waals surface area contributed by atoms with Gasteiger partial charge in [-0.25, -0.2) is 0 Å². The summed E-state index contributed by atoms with van der Waals surface area (Å²) in [6.07, 6.45) is 0.239. The van der Waals surface area contributed by atoms with E-state index in [4.69, 9.17) is 0 Å². The number of amides is 2. The normalized spacial score (nSPS) is 19.3. The van der Waals surface area contributed by atoms with E-state index in [0.29, 0.717) is 5.92 Å². The van der Waals surface area contributed by atoms with Crippen LogP contribution in [0.4, 0.5) is 5.69 Å². The van der Waals surface area contributed by atoms with Crippen molar-refractivity contribution in [3.05, 3.63) is 29.8 Å². The minimum Gasteiger partial charge on any atom is -0.373 e. The van der Waals surface area contributed by atoms with Gasteiger partial charge in [0.1, 0.15) is 6.04 Å². The van der Waals surface area contributed by atoms with E-state index in [1.807, 2.05) is 26.0 Å². The smallest absolute Gasteiger partial charge is 0.252 e. The SMILES string of the molecule is CC(C)c1ccc(NC2CC(=O)N(C(C)C)C2=O)cc1. The van der Waals surface area contributed by atoms with Crippen molar-refractivity contribution >= 4 is 17.5 Å². The van der Waals surface area contributed by atoms with Crippen molar-refractivity contribution in [2.75, 3.05) is 5.32 Å². The predicted octanol–water partition coefficient (Wildman–Crippen LogP) is 2.76. The highest BCUT2D eigenvalue weighted by molar-refractivity contribution is 6.07. The van der Waals surface area contributed by atoms with Crippen molar-refractivity contribution in [2.24, 2.45) is 0 Å². The van der Waals surface area contributed by atoms with Crippen molar-refractivity contribution in [1.82, 2.24) is 4.90 Å². The molecule has 1 unspecified atom stereocenters. The van der Waals surface area contributed by atoms with Gasteiger partial charge in [-0.3, -0.25) is 14.5 Å². The summed E-state index contributed by atoms with van der Waals surface area (Å²) in [6.45, 7) is 8.00. The molecule has 1 heterocycles. The average molecular weight is 274 g/mol. The van der Waals surface area contributed by atoms with Gasteiger partial charge in [0.2, 0.25) is 5.91 Å². The molecule has 1 aliphatic rings. The van der Waals surface area contributed by atoms with E-state index in [9.17, 15) is 9.59 Å². The summed E-state index contributed by atoms with van der Waals surface area (Å²) in [6, 6.07) is 7.51. The van der Waals surface area contributed by atoms with E-state index in [1.165, 1.54) is 10.5 Å². The lowest BCUT2D eigenvalue weighted by atomic mass is 10.0. The maximum Gasteiger partial charge on any atom is 0.252 e. The zero-order valence-corrected chi connectivity index (χ0v) is 12.5. The molecule has 0 spiro atoms. The fourth-order valence-electron chi connectivity index (χ4n) is 2.47. The number of hydrogen-bond donors (Lipinski definition) is 1. The molecule has 20 heavy (non-hydrogen) atoms. The van der Waals surface area contributed by atoms with Crippen LogP contribution in [-0.2, 0) is 9.59 Å². The molecule has 0 saturated carbocycles. The number of likely N-dealkylation sites (tertiary alicyclic amines) is 1. The predicted molar refractivity (Wildman–Crippen MR) is 79.5 cm³/mol. The Bertz CT molecular complexity index is 506. The Balaban J connectivity index is 2.07. The van der Waals surface area contributed by atoms with Crippen LogP contribution in [-0.4, -0.2) is 28.8 Å². The molecule has 1 aromatic carbocycles. The van der Waals surface area contributed by atoms with E-state index in [0.717, 1.165) is 5.69 Å². The summed E-state index contributed by atoms with van der Waals surface area (Å²) in [7, 11) is 0. The Labute approximate surface area is 120 Å². The van der Waals surface area contributed by atoms with Gasteiger partial charge in [-0.15, -0.1) is 0 Å². The van der Waals surface area contributed by atoms with Crippen molar-refractivity contribution in [3.63, 3.8) is 0 Å². The molecule has 0 radical (unpaired) electrons. The quantitative estimate of drug-likeness (QED) is 0.859. The van der Waals surface area contributed by atoms with Gasteiger partial charge in [0.25, 0.3) is 5.91 Å². The number of benzene rings is 1. The third kappa shape index (κ3) is 2.84. The molecular formula is C16H22N2O2. The van der Waals surface area contributed by atoms with Crippen LogP contribution in [0.25, 0.3) is 0 Å². The Morgan fingerprint density at radius 1 is 1.10 bits per heavy atom. The third-order valence-corrected chi connectivity index (χ3v) is 3.62. The zero-order valence-electron chi connectivity index (χ0n) is 12.5. The summed E-state index contributed by atoms with van der Waals surface area (Å²) in [4.78, 5) is 25.4. The summed E-state index contributed by atoms with van der Waals surface area (Å²) in [5, 5.41) is 3.16. The summed E-state index contributed by atoms with van der Waals surface area (Å²) >= 11 is 0. The van der Waals surface area contributed by atoms with Gasteiger partial charge in [0.15, 0.2) is 0 Å². The Morgan fingerprint density at radius 2 is 1.70 bits per heavy atom. The molecular weight excluding hydrogens is 252 g/mol. The van der Waals surface area contributed by atoms with E-state index < -0.39 is 6.04 Å². The van der Waals surface area contributed by atoms with Crippen LogP contribution in [0.5, 0.6) is 0 Å². The Morgan fingerprint density at radius 3 is 2.15 bits per heavy atom. The summed E-state index contributed by atoms with van der Waals surface area (Å²) in [5.41, 5.74) is 2.14. The number of carbonyl (C=O) groups excluding carboxylic acids is 2. The minimum absolute atomic E-state index is 0.0786. The topological polar surface area (TPSA) is 49.4 Å². The van der Waals surface area contributed by atoms with E-state index >= 15 is 0 Å². The molecule has 2 amide bonds. The number of anilines is 1. The average Bonchev–Trinajstić information content (AvgIpc) is 2.65. The van der Waals surface area contributed by atoms with Crippen LogP contribution in [0.3, 0.4) is 0 Å². The lowest BCUT2D eigenvalue weighted by Gasteiger charge is -2.19. The number of hydrogen-bond acceptors (Lipinski definition) is 3. The molecule has 0 bridgehead atoms. The van der Waals surface area contributed by atoms with Gasteiger partial charge < -0.3 is 5.32 Å². The standard InChI is InChI=1S/C16H22N2O2/c1-10(2)12-5-7-13(8-6-12)17-14-9-15(19)18(11(3)4)16(14)20/h5-8,10-11,14,17H,9H2,1-4H3. The van der Waals surface area contributed by atoms with Crippen LogP contribution >= 0.6 is 0 Å². The second-order valence-corrected chi connectivity index (χ2v) is 5.87. The maximum atomic E-state index is 12.2. The fourth-order valence-corrected chi connectivity index (χ4v) is 2.47. The highest BCUT2D eigenvalue weighted by Crippen LogP contribution is 2.22. The molecule has 108 valence electrons. The largest absolute Gasteiger partial charge is 0.373 e. The highest BCUT2D eigenvalue weighted by Gasteiger charge is 2.39.